The third-order valence-corrected chi connectivity index (χ3v) is 5.31. The van der Waals surface area contributed by atoms with Crippen LogP contribution in [0, 0.1) is 5.92 Å². The largest absolute Gasteiger partial charge is 0.342 e. The number of amides is 2. The third kappa shape index (κ3) is 3.05. The van der Waals surface area contributed by atoms with Crippen LogP contribution in [0.15, 0.2) is 28.7 Å². The van der Waals surface area contributed by atoms with Crippen molar-refractivity contribution in [3.05, 3.63) is 28.7 Å². The fraction of sp³-hybridized carbons (Fsp3) is 0.529. The van der Waals surface area contributed by atoms with Crippen LogP contribution in [-0.4, -0.2) is 36.3 Å². The number of nitrogens with zero attached hydrogens (tertiary/aromatic N) is 2. The molecule has 0 bridgehead atoms. The van der Waals surface area contributed by atoms with Gasteiger partial charge in [-0.3, -0.25) is 9.59 Å². The monoisotopic (exact) mass is 364 g/mol. The van der Waals surface area contributed by atoms with Gasteiger partial charge in [0, 0.05) is 36.2 Å². The van der Waals surface area contributed by atoms with E-state index in [-0.39, 0.29) is 17.7 Å². The van der Waals surface area contributed by atoms with Gasteiger partial charge in [-0.05, 0) is 31.0 Å². The molecule has 0 spiro atoms. The highest BCUT2D eigenvalue weighted by molar-refractivity contribution is 9.10. The second-order valence-corrected chi connectivity index (χ2v) is 7.19. The Balaban J connectivity index is 1.70. The Morgan fingerprint density at radius 1 is 1.32 bits per heavy atom. The molecule has 2 fully saturated rings. The van der Waals surface area contributed by atoms with Crippen molar-refractivity contribution in [1.82, 2.24) is 4.90 Å². The summed E-state index contributed by atoms with van der Waals surface area (Å²) in [4.78, 5) is 28.6. The molecule has 0 radical (unpaired) electrons. The lowest BCUT2D eigenvalue weighted by Gasteiger charge is -2.27. The second kappa shape index (κ2) is 6.41. The molecule has 1 saturated carbocycles. The van der Waals surface area contributed by atoms with Gasteiger partial charge in [-0.1, -0.05) is 34.8 Å². The summed E-state index contributed by atoms with van der Waals surface area (Å²) < 4.78 is 0.940. The molecule has 5 heteroatoms. The zero-order valence-electron chi connectivity index (χ0n) is 12.8. The van der Waals surface area contributed by atoms with Gasteiger partial charge in [0.1, 0.15) is 0 Å². The number of anilines is 1. The normalized spacial score (nSPS) is 22.4. The summed E-state index contributed by atoms with van der Waals surface area (Å²) in [6.07, 6.45) is 4.92. The van der Waals surface area contributed by atoms with Crippen molar-refractivity contribution >= 4 is 33.4 Å². The topological polar surface area (TPSA) is 40.6 Å². The minimum absolute atomic E-state index is 0.0382. The highest BCUT2D eigenvalue weighted by Gasteiger charge is 2.38. The van der Waals surface area contributed by atoms with E-state index in [1.54, 1.807) is 4.90 Å². The third-order valence-electron chi connectivity index (χ3n) is 4.81. The average Bonchev–Trinajstić information content (AvgIpc) is 3.15. The van der Waals surface area contributed by atoms with Gasteiger partial charge in [0.2, 0.25) is 11.8 Å². The van der Waals surface area contributed by atoms with Crippen LogP contribution in [-0.2, 0) is 9.59 Å². The first-order valence-electron chi connectivity index (χ1n) is 7.89. The predicted octanol–water partition coefficient (Wildman–Crippen LogP) is 3.20. The van der Waals surface area contributed by atoms with Crippen molar-refractivity contribution in [3.8, 4) is 0 Å². The first-order chi connectivity index (χ1) is 10.6. The van der Waals surface area contributed by atoms with Crippen molar-refractivity contribution < 1.29 is 9.59 Å². The molecule has 0 N–H and O–H groups in total. The fourth-order valence-corrected chi connectivity index (χ4v) is 3.91. The van der Waals surface area contributed by atoms with Crippen molar-refractivity contribution in [2.75, 3.05) is 18.5 Å². The van der Waals surface area contributed by atoms with E-state index in [4.69, 9.17) is 0 Å². The molecule has 1 saturated heterocycles. The first-order valence-corrected chi connectivity index (χ1v) is 8.68. The van der Waals surface area contributed by atoms with Crippen LogP contribution in [0.5, 0.6) is 0 Å². The maximum atomic E-state index is 12.7. The van der Waals surface area contributed by atoms with Crippen LogP contribution in [0.4, 0.5) is 5.69 Å². The van der Waals surface area contributed by atoms with Gasteiger partial charge in [0.25, 0.3) is 0 Å². The summed E-state index contributed by atoms with van der Waals surface area (Å²) >= 11 is 3.43. The molecule has 2 aliphatic rings. The summed E-state index contributed by atoms with van der Waals surface area (Å²) in [5.41, 5.74) is 0.859. The molecule has 3 rings (SSSR count). The SMILES string of the molecule is CN(C(=O)[C@@H]1CC(=O)N(c2cccc(Br)c2)C1)C1CCCC1. The number of rotatable bonds is 3. The zero-order chi connectivity index (χ0) is 15.7. The van der Waals surface area contributed by atoms with Crippen LogP contribution in [0.2, 0.25) is 0 Å². The quantitative estimate of drug-likeness (QED) is 0.826. The van der Waals surface area contributed by atoms with Gasteiger partial charge in [-0.15, -0.1) is 0 Å². The van der Waals surface area contributed by atoms with E-state index in [2.05, 4.69) is 15.9 Å². The molecule has 1 aromatic rings. The minimum Gasteiger partial charge on any atom is -0.342 e. The van der Waals surface area contributed by atoms with Gasteiger partial charge in [-0.2, -0.15) is 0 Å². The summed E-state index contributed by atoms with van der Waals surface area (Å²) in [5.74, 6) is -0.0499. The number of hydrogen-bond donors (Lipinski definition) is 0. The van der Waals surface area contributed by atoms with E-state index < -0.39 is 0 Å². The van der Waals surface area contributed by atoms with Gasteiger partial charge < -0.3 is 9.80 Å². The van der Waals surface area contributed by atoms with E-state index in [0.717, 1.165) is 23.0 Å². The maximum absolute atomic E-state index is 12.7. The number of hydrogen-bond acceptors (Lipinski definition) is 2. The summed E-state index contributed by atoms with van der Waals surface area (Å²) in [5, 5.41) is 0. The van der Waals surface area contributed by atoms with Crippen LogP contribution in [0.1, 0.15) is 32.1 Å². The van der Waals surface area contributed by atoms with Crippen molar-refractivity contribution in [3.63, 3.8) is 0 Å². The van der Waals surface area contributed by atoms with E-state index >= 15 is 0 Å². The lowest BCUT2D eigenvalue weighted by atomic mass is 10.1. The molecular formula is C17H21BrN2O2. The molecule has 1 atom stereocenters. The van der Waals surface area contributed by atoms with E-state index in [1.165, 1.54) is 12.8 Å². The average molecular weight is 365 g/mol. The fourth-order valence-electron chi connectivity index (χ4n) is 3.53. The summed E-state index contributed by atoms with van der Waals surface area (Å²) in [7, 11) is 1.89. The molecule has 1 aliphatic carbocycles. The maximum Gasteiger partial charge on any atom is 0.228 e. The van der Waals surface area contributed by atoms with E-state index in [1.807, 2.05) is 36.2 Å². The molecule has 0 unspecified atom stereocenters. The Hall–Kier alpha value is -1.36. The Bertz CT molecular complexity index is 584. The molecule has 118 valence electrons. The number of carbonyl (C=O) groups excluding carboxylic acids is 2. The van der Waals surface area contributed by atoms with Crippen LogP contribution >= 0.6 is 15.9 Å². The van der Waals surface area contributed by atoms with Crippen LogP contribution < -0.4 is 4.90 Å². The zero-order valence-corrected chi connectivity index (χ0v) is 14.4. The molecular weight excluding hydrogens is 344 g/mol. The number of benzene rings is 1. The Labute approximate surface area is 139 Å². The van der Waals surface area contributed by atoms with Crippen LogP contribution in [0.3, 0.4) is 0 Å². The number of carbonyl (C=O) groups is 2. The lowest BCUT2D eigenvalue weighted by molar-refractivity contribution is -0.136. The molecule has 4 nitrogen and oxygen atoms in total. The van der Waals surface area contributed by atoms with Crippen LogP contribution in [0.25, 0.3) is 0 Å². The second-order valence-electron chi connectivity index (χ2n) is 6.27. The van der Waals surface area contributed by atoms with E-state index in [0.29, 0.717) is 19.0 Å². The van der Waals surface area contributed by atoms with Gasteiger partial charge >= 0.3 is 0 Å². The highest BCUT2D eigenvalue weighted by atomic mass is 79.9. The van der Waals surface area contributed by atoms with Gasteiger partial charge in [0.15, 0.2) is 0 Å². The van der Waals surface area contributed by atoms with E-state index in [9.17, 15) is 9.59 Å². The molecule has 1 heterocycles. The van der Waals surface area contributed by atoms with Crippen molar-refractivity contribution in [2.45, 2.75) is 38.1 Å². The minimum atomic E-state index is -0.211. The summed E-state index contributed by atoms with van der Waals surface area (Å²) in [6, 6.07) is 8.04. The molecule has 2 amide bonds. The van der Waals surface area contributed by atoms with Gasteiger partial charge in [0.05, 0.1) is 5.92 Å². The standard InChI is InChI=1S/C17H21BrN2O2/c1-19(14-6-2-3-7-14)17(22)12-9-16(21)20(11-12)15-8-4-5-13(18)10-15/h4-5,8,10,12,14H,2-3,6-7,9,11H2,1H3/t12-/m1/s1. The molecule has 1 aliphatic heterocycles. The molecule has 0 aromatic heterocycles. The van der Waals surface area contributed by atoms with Crippen molar-refractivity contribution in [2.24, 2.45) is 5.92 Å². The van der Waals surface area contributed by atoms with Crippen molar-refractivity contribution in [1.29, 1.82) is 0 Å². The molecule has 1 aromatic carbocycles. The molecule has 22 heavy (non-hydrogen) atoms. The Morgan fingerprint density at radius 3 is 2.73 bits per heavy atom. The number of halogens is 1. The lowest BCUT2D eigenvalue weighted by Crippen LogP contribution is -2.40. The first kappa shape index (κ1) is 15.5. The Kier molecular flexibility index (Phi) is 4.52. The van der Waals surface area contributed by atoms with Gasteiger partial charge in [-0.25, -0.2) is 0 Å². The predicted molar refractivity (Wildman–Crippen MR) is 89.6 cm³/mol. The smallest absolute Gasteiger partial charge is 0.228 e. The summed E-state index contributed by atoms with van der Waals surface area (Å²) in [6.45, 7) is 0.491. The highest BCUT2D eigenvalue weighted by Crippen LogP contribution is 2.30. The Morgan fingerprint density at radius 2 is 2.05 bits per heavy atom.